The largest absolute Gasteiger partial charge is 0.312 e. The van der Waals surface area contributed by atoms with Crippen LogP contribution in [0.1, 0.15) is 42.9 Å². The third-order valence-corrected chi connectivity index (χ3v) is 10.9. The number of allylic oxidation sites excluding steroid dienone is 4. The number of nitrogens with zero attached hydrogens (tertiary/aromatic N) is 2. The van der Waals surface area contributed by atoms with Gasteiger partial charge in [-0.2, -0.15) is 0 Å². The number of aromatic nitrogens is 2. The normalized spacial score (nSPS) is 16.6. The van der Waals surface area contributed by atoms with Crippen molar-refractivity contribution in [2.75, 3.05) is 0 Å². The molecule has 2 aliphatic rings. The van der Waals surface area contributed by atoms with Crippen molar-refractivity contribution in [1.29, 1.82) is 0 Å². The maximum Gasteiger partial charge on any atom is 0.0544 e. The Kier molecular flexibility index (Phi) is 5.49. The van der Waals surface area contributed by atoms with Gasteiger partial charge in [-0.3, -0.25) is 0 Å². The molecule has 0 aliphatic heterocycles. The van der Waals surface area contributed by atoms with Gasteiger partial charge in [0.2, 0.25) is 0 Å². The Bertz CT molecular complexity index is 2580. The van der Waals surface area contributed by atoms with Gasteiger partial charge in [-0.15, -0.1) is 0 Å². The van der Waals surface area contributed by atoms with Crippen LogP contribution in [0.5, 0.6) is 0 Å². The van der Waals surface area contributed by atoms with Crippen LogP contribution in [0.4, 0.5) is 0 Å². The zero-order valence-corrected chi connectivity index (χ0v) is 26.6. The average Bonchev–Trinajstić information content (AvgIpc) is 3.72. The van der Waals surface area contributed by atoms with Crippen LogP contribution in [0.3, 0.4) is 0 Å². The first-order chi connectivity index (χ1) is 23.1. The molecule has 0 radical (unpaired) electrons. The van der Waals surface area contributed by atoms with E-state index >= 15 is 0 Å². The second kappa shape index (κ2) is 9.70. The minimum Gasteiger partial charge on any atom is -0.312 e. The highest BCUT2D eigenvalue weighted by Gasteiger charge is 2.38. The maximum absolute atomic E-state index is 2.54. The van der Waals surface area contributed by atoms with E-state index in [0.717, 1.165) is 6.42 Å². The lowest BCUT2D eigenvalue weighted by atomic mass is 9.80. The molecule has 0 spiro atoms. The molecular weight excluding hydrogens is 569 g/mol. The summed E-state index contributed by atoms with van der Waals surface area (Å²) in [6.07, 6.45) is 7.85. The van der Waals surface area contributed by atoms with E-state index < -0.39 is 0 Å². The SMILES string of the molecule is CC1(C)c2ccccc2-c2ccc3c(c21)c1ccccc1n3-c1ccccc1C1CC=CC=C1n1c2ccccc2c2ccccc21. The third-order valence-electron chi connectivity index (χ3n) is 10.9. The summed E-state index contributed by atoms with van der Waals surface area (Å²) in [6.45, 7) is 4.79. The van der Waals surface area contributed by atoms with Crippen molar-refractivity contribution in [3.8, 4) is 16.8 Å². The van der Waals surface area contributed by atoms with E-state index in [9.17, 15) is 0 Å². The summed E-state index contributed by atoms with van der Waals surface area (Å²) in [5, 5.41) is 5.28. The molecule has 0 amide bonds. The van der Waals surface area contributed by atoms with Gasteiger partial charge in [0, 0.05) is 38.6 Å². The van der Waals surface area contributed by atoms with E-state index in [1.807, 2.05) is 0 Å². The van der Waals surface area contributed by atoms with Crippen LogP contribution in [0.2, 0.25) is 0 Å². The van der Waals surface area contributed by atoms with E-state index in [1.54, 1.807) is 0 Å². The van der Waals surface area contributed by atoms with Gasteiger partial charge >= 0.3 is 0 Å². The zero-order valence-electron chi connectivity index (χ0n) is 26.6. The molecule has 2 nitrogen and oxygen atoms in total. The Balaban J connectivity index is 1.24. The highest BCUT2D eigenvalue weighted by molar-refractivity contribution is 6.15. The van der Waals surface area contributed by atoms with E-state index in [4.69, 9.17) is 0 Å². The molecule has 1 unspecified atom stereocenters. The Labute approximate surface area is 274 Å². The molecule has 0 saturated heterocycles. The van der Waals surface area contributed by atoms with Crippen molar-refractivity contribution in [1.82, 2.24) is 9.13 Å². The van der Waals surface area contributed by atoms with Gasteiger partial charge in [-0.1, -0.05) is 129 Å². The quantitative estimate of drug-likeness (QED) is 0.190. The van der Waals surface area contributed by atoms with Crippen molar-refractivity contribution >= 4 is 49.3 Å². The minimum absolute atomic E-state index is 0.0967. The second-order valence-electron chi connectivity index (χ2n) is 13.6. The summed E-state index contributed by atoms with van der Waals surface area (Å²) >= 11 is 0. The number of para-hydroxylation sites is 4. The van der Waals surface area contributed by atoms with Crippen LogP contribution in [0.25, 0.3) is 66.1 Å². The average molecular weight is 603 g/mol. The van der Waals surface area contributed by atoms with Gasteiger partial charge in [0.1, 0.15) is 0 Å². The minimum atomic E-state index is -0.0967. The monoisotopic (exact) mass is 602 g/mol. The predicted octanol–water partition coefficient (Wildman–Crippen LogP) is 11.8. The molecule has 8 aromatic rings. The van der Waals surface area contributed by atoms with Gasteiger partial charge in [0.15, 0.2) is 0 Å². The molecule has 0 saturated carbocycles. The fourth-order valence-corrected chi connectivity index (χ4v) is 8.91. The summed E-state index contributed by atoms with van der Waals surface area (Å²) in [6, 6.07) is 49.5. The van der Waals surface area contributed by atoms with Gasteiger partial charge in [0.25, 0.3) is 0 Å². The molecule has 2 aliphatic carbocycles. The Morgan fingerprint density at radius 3 is 1.94 bits per heavy atom. The number of hydrogen-bond donors (Lipinski definition) is 0. The molecule has 47 heavy (non-hydrogen) atoms. The summed E-state index contributed by atoms with van der Waals surface area (Å²) in [5.41, 5.74) is 14.4. The van der Waals surface area contributed by atoms with Crippen molar-refractivity contribution < 1.29 is 0 Å². The molecule has 0 fully saturated rings. The fraction of sp³-hybridized carbons (Fsp3) is 0.111. The summed E-state index contributed by atoms with van der Waals surface area (Å²) in [5.74, 6) is 0.182. The van der Waals surface area contributed by atoms with Crippen LogP contribution in [-0.2, 0) is 5.41 Å². The van der Waals surface area contributed by atoms with Crippen molar-refractivity contribution in [2.45, 2.75) is 31.6 Å². The number of fused-ring (bicyclic) bond motifs is 10. The van der Waals surface area contributed by atoms with E-state index in [1.165, 1.54) is 82.8 Å². The van der Waals surface area contributed by atoms with Gasteiger partial charge < -0.3 is 9.13 Å². The first kappa shape index (κ1) is 26.6. The van der Waals surface area contributed by atoms with Gasteiger partial charge in [0.05, 0.1) is 27.8 Å². The van der Waals surface area contributed by atoms with Crippen LogP contribution in [-0.4, -0.2) is 9.13 Å². The number of rotatable bonds is 3. The summed E-state index contributed by atoms with van der Waals surface area (Å²) < 4.78 is 5.05. The topological polar surface area (TPSA) is 9.86 Å². The van der Waals surface area contributed by atoms with Crippen molar-refractivity contribution in [2.24, 2.45) is 0 Å². The Hall–Kier alpha value is -5.60. The highest BCUT2D eigenvalue weighted by atomic mass is 15.0. The van der Waals surface area contributed by atoms with Crippen molar-refractivity contribution in [3.05, 3.63) is 168 Å². The number of benzene rings is 6. The van der Waals surface area contributed by atoms with Crippen LogP contribution in [0.15, 0.2) is 152 Å². The first-order valence-electron chi connectivity index (χ1n) is 16.7. The molecule has 2 heterocycles. The lowest BCUT2D eigenvalue weighted by molar-refractivity contribution is 0.666. The summed E-state index contributed by atoms with van der Waals surface area (Å²) in [7, 11) is 0. The third kappa shape index (κ3) is 3.56. The molecule has 0 bridgehead atoms. The standard InChI is InChI=1S/C45H34N2/c1-45(2)36-21-9-3-15-29(36)34-27-28-42-43(44(34)45)35-20-8-14-26-41(35)47(42)40-25-13-7-19-33(40)32-18-6-12-24-39(32)46-37-22-10-4-16-30(37)31-17-5-11-23-38(31)46/h3-17,19-28,32H,18H2,1-2H3. The Morgan fingerprint density at radius 2 is 1.17 bits per heavy atom. The van der Waals surface area contributed by atoms with E-state index in [0.29, 0.717) is 0 Å². The highest BCUT2D eigenvalue weighted by Crippen LogP contribution is 2.53. The maximum atomic E-state index is 2.54. The summed E-state index contributed by atoms with van der Waals surface area (Å²) in [4.78, 5) is 0. The molecule has 2 aromatic heterocycles. The number of hydrogen-bond acceptors (Lipinski definition) is 0. The van der Waals surface area contributed by atoms with Gasteiger partial charge in [-0.05, 0) is 70.6 Å². The van der Waals surface area contributed by atoms with Crippen molar-refractivity contribution in [3.63, 3.8) is 0 Å². The lowest BCUT2D eigenvalue weighted by Crippen LogP contribution is -2.15. The molecule has 1 atom stereocenters. The molecule has 10 rings (SSSR count). The first-order valence-corrected chi connectivity index (χ1v) is 16.7. The smallest absolute Gasteiger partial charge is 0.0544 e. The molecule has 0 N–H and O–H groups in total. The molecule has 2 heteroatoms. The second-order valence-corrected chi connectivity index (χ2v) is 13.6. The van der Waals surface area contributed by atoms with Crippen LogP contribution < -0.4 is 0 Å². The van der Waals surface area contributed by atoms with E-state index in [2.05, 4.69) is 175 Å². The molecule has 6 aromatic carbocycles. The molecular formula is C45H34N2. The lowest BCUT2D eigenvalue weighted by Gasteiger charge is -2.27. The molecule has 224 valence electrons. The van der Waals surface area contributed by atoms with Gasteiger partial charge in [-0.25, -0.2) is 0 Å². The zero-order chi connectivity index (χ0) is 31.3. The van der Waals surface area contributed by atoms with E-state index in [-0.39, 0.29) is 11.3 Å². The van der Waals surface area contributed by atoms with Crippen LogP contribution >= 0.6 is 0 Å². The fourth-order valence-electron chi connectivity index (χ4n) is 8.91. The van der Waals surface area contributed by atoms with Crippen LogP contribution in [0, 0.1) is 0 Å². The Morgan fingerprint density at radius 1 is 0.553 bits per heavy atom. The predicted molar refractivity (Wildman–Crippen MR) is 199 cm³/mol.